The van der Waals surface area contributed by atoms with E-state index < -0.39 is 0 Å². The number of piperidine rings is 1. The summed E-state index contributed by atoms with van der Waals surface area (Å²) in [5, 5.41) is 0. The number of ether oxygens (including phenoxy) is 2. The van der Waals surface area contributed by atoms with E-state index in [4.69, 9.17) is 14.0 Å². The second-order valence-corrected chi connectivity index (χ2v) is 14.8. The van der Waals surface area contributed by atoms with Gasteiger partial charge in [0.2, 0.25) is 0 Å². The molecule has 1 unspecified atom stereocenters. The summed E-state index contributed by atoms with van der Waals surface area (Å²) in [5.41, 5.74) is 5.43. The van der Waals surface area contributed by atoms with Crippen molar-refractivity contribution in [3.63, 3.8) is 0 Å². The maximum Gasteiger partial charge on any atom is 0.146 e. The molecular formula is C28H33INO3PS2. The van der Waals surface area contributed by atoms with Crippen molar-refractivity contribution in [3.8, 4) is 17.2 Å². The van der Waals surface area contributed by atoms with Gasteiger partial charge in [0.1, 0.15) is 36.4 Å². The zero-order valence-electron chi connectivity index (χ0n) is 20.5. The van der Waals surface area contributed by atoms with Crippen LogP contribution in [0.3, 0.4) is 0 Å². The van der Waals surface area contributed by atoms with Crippen LogP contribution in [0.15, 0.2) is 48.0 Å². The van der Waals surface area contributed by atoms with Crippen molar-refractivity contribution in [1.29, 1.82) is 0 Å². The average molecular weight is 654 g/mol. The van der Waals surface area contributed by atoms with Gasteiger partial charge in [0.05, 0.1) is 4.08 Å². The maximum absolute atomic E-state index is 6.77. The molecule has 1 spiro atoms. The molecule has 0 radical (unpaired) electrons. The van der Waals surface area contributed by atoms with Gasteiger partial charge >= 0.3 is 0 Å². The lowest BCUT2D eigenvalue weighted by molar-refractivity contribution is 0.183. The van der Waals surface area contributed by atoms with E-state index in [0.29, 0.717) is 10.5 Å². The lowest BCUT2D eigenvalue weighted by atomic mass is 9.80. The molecule has 2 aromatic carbocycles. The van der Waals surface area contributed by atoms with Crippen LogP contribution in [0, 0.1) is 0 Å². The summed E-state index contributed by atoms with van der Waals surface area (Å²) >= 11 is 6.59. The minimum atomic E-state index is -0.0498. The van der Waals surface area contributed by atoms with Gasteiger partial charge in [0.25, 0.3) is 0 Å². The van der Waals surface area contributed by atoms with Gasteiger partial charge in [-0.1, -0.05) is 18.6 Å². The molecular weight excluding hydrogens is 620 g/mol. The first-order chi connectivity index (χ1) is 17.7. The highest BCUT2D eigenvalue weighted by molar-refractivity contribution is 14.2. The van der Waals surface area contributed by atoms with Gasteiger partial charge in [0, 0.05) is 29.7 Å². The number of hydrogen-bond donors (Lipinski definition) is 0. The van der Waals surface area contributed by atoms with Crippen LogP contribution in [-0.4, -0.2) is 46.7 Å². The summed E-state index contributed by atoms with van der Waals surface area (Å²) in [7, 11) is 0. The molecule has 0 amide bonds. The summed E-state index contributed by atoms with van der Waals surface area (Å²) in [4.78, 5) is 2.52. The molecule has 0 saturated carbocycles. The SMILES string of the molecule is IPOc1ccc2c(c1)O[C@H](c1ccc(OCCN3CCCCC3)cc1)C1=C2CCC2(C1)SCCS2. The first-order valence-corrected chi connectivity index (χ1v) is 19.0. The predicted octanol–water partition coefficient (Wildman–Crippen LogP) is 8.12. The van der Waals surface area contributed by atoms with Crippen LogP contribution in [-0.2, 0) is 0 Å². The van der Waals surface area contributed by atoms with E-state index in [1.54, 1.807) is 0 Å². The fraction of sp³-hybridized carbons (Fsp3) is 0.500. The van der Waals surface area contributed by atoms with Crippen LogP contribution in [0.1, 0.15) is 55.8 Å². The van der Waals surface area contributed by atoms with Crippen molar-refractivity contribution in [2.24, 2.45) is 0 Å². The second kappa shape index (κ2) is 11.6. The third-order valence-corrected chi connectivity index (χ3v) is 12.2. The smallest absolute Gasteiger partial charge is 0.146 e. The fourth-order valence-electron chi connectivity index (χ4n) is 5.90. The van der Waals surface area contributed by atoms with Crippen LogP contribution in [0.25, 0.3) is 5.57 Å². The molecule has 3 heterocycles. The van der Waals surface area contributed by atoms with Crippen LogP contribution in [0.4, 0.5) is 0 Å². The molecule has 0 N–H and O–H groups in total. The highest BCUT2D eigenvalue weighted by Gasteiger charge is 2.44. The van der Waals surface area contributed by atoms with Crippen LogP contribution in [0.5, 0.6) is 17.2 Å². The van der Waals surface area contributed by atoms with Crippen molar-refractivity contribution < 1.29 is 14.0 Å². The number of likely N-dealkylation sites (tertiary alicyclic amines) is 1. The minimum Gasteiger partial charge on any atom is -0.492 e. The quantitative estimate of drug-likeness (QED) is 0.222. The molecule has 36 heavy (non-hydrogen) atoms. The molecule has 2 aromatic rings. The van der Waals surface area contributed by atoms with Crippen molar-refractivity contribution in [2.75, 3.05) is 37.7 Å². The van der Waals surface area contributed by atoms with E-state index in [1.165, 1.54) is 72.6 Å². The molecule has 0 bridgehead atoms. The molecule has 2 fully saturated rings. The van der Waals surface area contributed by atoms with E-state index in [0.717, 1.165) is 43.2 Å². The molecule has 6 rings (SSSR count). The lowest BCUT2D eigenvalue weighted by Gasteiger charge is -2.41. The molecule has 192 valence electrons. The Kier molecular flexibility index (Phi) is 8.30. The summed E-state index contributed by atoms with van der Waals surface area (Å²) in [6.45, 7) is 4.58. The Balaban J connectivity index is 1.23. The Hall–Kier alpha value is -0.600. The predicted molar refractivity (Wildman–Crippen MR) is 163 cm³/mol. The number of nitrogens with zero attached hydrogens (tertiary/aromatic N) is 1. The number of halogens is 1. The Labute approximate surface area is 238 Å². The van der Waals surface area contributed by atoms with Gasteiger partial charge < -0.3 is 14.0 Å². The Morgan fingerprint density at radius 1 is 1.03 bits per heavy atom. The monoisotopic (exact) mass is 653 g/mol. The zero-order chi connectivity index (χ0) is 24.4. The standard InChI is InChI=1S/C28H33INO3PS2/c29-34-33-22-8-9-24-23-10-11-28(35-16-17-36-28)19-25(23)27(32-26(24)18-22)20-4-6-21(7-5-20)31-15-14-30-12-2-1-3-13-30/h4-9,18,27,34H,1-3,10-17,19H2/t27-/m1/s1. The molecule has 8 heteroatoms. The average Bonchev–Trinajstić information content (AvgIpc) is 3.37. The Bertz CT molecular complexity index is 1100. The van der Waals surface area contributed by atoms with Crippen LogP contribution < -0.4 is 14.0 Å². The minimum absolute atomic E-state index is 0.0498. The van der Waals surface area contributed by atoms with E-state index >= 15 is 0 Å². The highest BCUT2D eigenvalue weighted by atomic mass is 127. The van der Waals surface area contributed by atoms with E-state index in [9.17, 15) is 0 Å². The molecule has 2 atom stereocenters. The van der Waals surface area contributed by atoms with Crippen LogP contribution in [0.2, 0.25) is 0 Å². The topological polar surface area (TPSA) is 30.9 Å². The summed E-state index contributed by atoms with van der Waals surface area (Å²) in [6, 6.07) is 15.0. The van der Waals surface area contributed by atoms with Gasteiger partial charge in [-0.05, 0) is 108 Å². The number of fused-ring (bicyclic) bond motifs is 2. The van der Waals surface area contributed by atoms with Crippen molar-refractivity contribution in [2.45, 2.75) is 48.7 Å². The Morgan fingerprint density at radius 3 is 2.58 bits per heavy atom. The highest BCUT2D eigenvalue weighted by Crippen LogP contribution is 2.59. The number of thioether (sulfide) groups is 2. The van der Waals surface area contributed by atoms with E-state index in [1.807, 2.05) is 0 Å². The van der Waals surface area contributed by atoms with E-state index in [2.05, 4.69) is 92.9 Å². The molecule has 4 nitrogen and oxygen atoms in total. The maximum atomic E-state index is 6.77. The number of allylic oxidation sites excluding steroid dienone is 1. The largest absolute Gasteiger partial charge is 0.492 e. The number of hydrogen-bond acceptors (Lipinski definition) is 6. The first-order valence-electron chi connectivity index (χ1n) is 13.0. The summed E-state index contributed by atoms with van der Waals surface area (Å²) in [6.07, 6.45) is 7.42. The van der Waals surface area contributed by atoms with Gasteiger partial charge in [-0.25, -0.2) is 0 Å². The van der Waals surface area contributed by atoms with Crippen molar-refractivity contribution in [3.05, 3.63) is 59.2 Å². The zero-order valence-corrected chi connectivity index (χ0v) is 25.3. The van der Waals surface area contributed by atoms with Crippen LogP contribution >= 0.6 is 52.0 Å². The molecule has 0 aromatic heterocycles. The molecule has 4 aliphatic rings. The van der Waals surface area contributed by atoms with Gasteiger partial charge in [-0.15, -0.1) is 23.5 Å². The first kappa shape index (κ1) is 25.7. The number of rotatable bonds is 7. The van der Waals surface area contributed by atoms with Crippen molar-refractivity contribution in [1.82, 2.24) is 4.90 Å². The molecule has 1 aliphatic carbocycles. The lowest BCUT2D eigenvalue weighted by Crippen LogP contribution is -2.33. The second-order valence-electron chi connectivity index (χ2n) is 9.94. The summed E-state index contributed by atoms with van der Waals surface area (Å²) < 4.78 is 19.0. The third kappa shape index (κ3) is 5.56. The van der Waals surface area contributed by atoms with Gasteiger partial charge in [0.15, 0.2) is 0 Å². The van der Waals surface area contributed by atoms with E-state index in [-0.39, 0.29) is 6.10 Å². The van der Waals surface area contributed by atoms with Gasteiger partial charge in [-0.2, -0.15) is 0 Å². The molecule has 3 aliphatic heterocycles. The van der Waals surface area contributed by atoms with Gasteiger partial charge in [-0.3, -0.25) is 4.90 Å². The normalized spacial score (nSPS) is 23.5. The fourth-order valence-corrected chi connectivity index (χ4v) is 10.1. The molecule has 2 saturated heterocycles. The third-order valence-electron chi connectivity index (χ3n) is 7.72. The Morgan fingerprint density at radius 2 is 1.81 bits per heavy atom. The van der Waals surface area contributed by atoms with Crippen molar-refractivity contribution >= 4 is 57.6 Å². The summed E-state index contributed by atoms with van der Waals surface area (Å²) in [5.74, 6) is 5.31. The number of benzene rings is 2.